The molecule has 19 heavy (non-hydrogen) atoms. The Morgan fingerprint density at radius 1 is 1.42 bits per heavy atom. The van der Waals surface area contributed by atoms with Gasteiger partial charge in [0.15, 0.2) is 0 Å². The van der Waals surface area contributed by atoms with Crippen molar-refractivity contribution in [3.63, 3.8) is 0 Å². The number of benzene rings is 1. The van der Waals surface area contributed by atoms with Crippen molar-refractivity contribution in [1.29, 1.82) is 0 Å². The molecule has 0 aromatic heterocycles. The van der Waals surface area contributed by atoms with Crippen LogP contribution < -0.4 is 10.1 Å². The first-order valence-electron chi connectivity index (χ1n) is 5.56. The van der Waals surface area contributed by atoms with Crippen molar-refractivity contribution < 1.29 is 22.7 Å². The highest BCUT2D eigenvalue weighted by Crippen LogP contribution is 2.27. The number of ether oxygens (including phenoxy) is 1. The molecule has 0 aliphatic rings. The summed E-state index contributed by atoms with van der Waals surface area (Å²) >= 11 is 0. The molecule has 0 bridgehead atoms. The standard InChI is InChI=1S/C13H14F3NO2/c1-4-9-5-6-11(19-13(14,15)16)10(7-9)12(18)17-8(2)3/h4-8H,1H2,2-3H3,(H,17,18). The van der Waals surface area contributed by atoms with Gasteiger partial charge in [-0.15, -0.1) is 13.2 Å². The molecule has 6 heteroatoms. The number of hydrogen-bond acceptors (Lipinski definition) is 2. The van der Waals surface area contributed by atoms with Gasteiger partial charge in [0.2, 0.25) is 0 Å². The molecule has 1 aromatic carbocycles. The van der Waals surface area contributed by atoms with Crippen LogP contribution in [0.2, 0.25) is 0 Å². The van der Waals surface area contributed by atoms with Crippen LogP contribution in [0, 0.1) is 0 Å². The zero-order valence-electron chi connectivity index (χ0n) is 10.5. The molecule has 0 heterocycles. The lowest BCUT2D eigenvalue weighted by molar-refractivity contribution is -0.274. The van der Waals surface area contributed by atoms with Crippen LogP contribution in [0.25, 0.3) is 6.08 Å². The molecular weight excluding hydrogens is 259 g/mol. The fourth-order valence-corrected chi connectivity index (χ4v) is 1.41. The lowest BCUT2D eigenvalue weighted by Gasteiger charge is -2.15. The summed E-state index contributed by atoms with van der Waals surface area (Å²) in [6.45, 7) is 6.92. The monoisotopic (exact) mass is 273 g/mol. The molecule has 3 nitrogen and oxygen atoms in total. The van der Waals surface area contributed by atoms with Crippen molar-refractivity contribution in [3.8, 4) is 5.75 Å². The Labute approximate surface area is 109 Å². The van der Waals surface area contributed by atoms with Crippen LogP contribution in [0.15, 0.2) is 24.8 Å². The molecule has 0 aliphatic carbocycles. The van der Waals surface area contributed by atoms with E-state index in [1.54, 1.807) is 13.8 Å². The number of hydrogen-bond donors (Lipinski definition) is 1. The van der Waals surface area contributed by atoms with Gasteiger partial charge in [-0.05, 0) is 31.5 Å². The maximum Gasteiger partial charge on any atom is 0.573 e. The molecule has 0 spiro atoms. The van der Waals surface area contributed by atoms with E-state index in [-0.39, 0.29) is 11.6 Å². The van der Waals surface area contributed by atoms with Crippen LogP contribution in [-0.4, -0.2) is 18.3 Å². The van der Waals surface area contributed by atoms with Crippen LogP contribution in [0.4, 0.5) is 13.2 Å². The fourth-order valence-electron chi connectivity index (χ4n) is 1.41. The minimum Gasteiger partial charge on any atom is -0.405 e. The molecule has 0 atom stereocenters. The first kappa shape index (κ1) is 15.1. The highest BCUT2D eigenvalue weighted by Gasteiger charge is 2.33. The second-order valence-corrected chi connectivity index (χ2v) is 4.14. The van der Waals surface area contributed by atoms with E-state index in [0.29, 0.717) is 5.56 Å². The summed E-state index contributed by atoms with van der Waals surface area (Å²) in [7, 11) is 0. The summed E-state index contributed by atoms with van der Waals surface area (Å²) in [5.74, 6) is -1.16. The number of rotatable bonds is 4. The second-order valence-electron chi connectivity index (χ2n) is 4.14. The summed E-state index contributed by atoms with van der Waals surface area (Å²) in [4.78, 5) is 11.8. The molecule has 0 saturated carbocycles. The van der Waals surface area contributed by atoms with E-state index in [1.807, 2.05) is 0 Å². The Morgan fingerprint density at radius 2 is 2.05 bits per heavy atom. The van der Waals surface area contributed by atoms with E-state index < -0.39 is 18.0 Å². The molecule has 0 saturated heterocycles. The van der Waals surface area contributed by atoms with Gasteiger partial charge in [0.25, 0.3) is 5.91 Å². The topological polar surface area (TPSA) is 38.3 Å². The van der Waals surface area contributed by atoms with Gasteiger partial charge < -0.3 is 10.1 Å². The lowest BCUT2D eigenvalue weighted by Crippen LogP contribution is -2.31. The van der Waals surface area contributed by atoms with Gasteiger partial charge in [0.1, 0.15) is 5.75 Å². The normalized spacial score (nSPS) is 11.3. The predicted octanol–water partition coefficient (Wildman–Crippen LogP) is 3.37. The van der Waals surface area contributed by atoms with Crippen molar-refractivity contribution in [3.05, 3.63) is 35.9 Å². The third-order valence-corrected chi connectivity index (χ3v) is 2.13. The maximum atomic E-state index is 12.3. The molecule has 0 fully saturated rings. The molecule has 1 N–H and O–H groups in total. The van der Waals surface area contributed by atoms with Crippen LogP contribution in [0.3, 0.4) is 0 Å². The predicted molar refractivity (Wildman–Crippen MR) is 65.8 cm³/mol. The number of alkyl halides is 3. The molecule has 1 amide bonds. The third kappa shape index (κ3) is 4.65. The van der Waals surface area contributed by atoms with Crippen LogP contribution in [-0.2, 0) is 0 Å². The molecular formula is C13H14F3NO2. The average Bonchev–Trinajstić information content (AvgIpc) is 2.26. The zero-order valence-corrected chi connectivity index (χ0v) is 10.5. The minimum absolute atomic E-state index is 0.177. The van der Waals surface area contributed by atoms with Gasteiger partial charge in [0.05, 0.1) is 5.56 Å². The van der Waals surface area contributed by atoms with E-state index in [9.17, 15) is 18.0 Å². The summed E-state index contributed by atoms with van der Waals surface area (Å²) in [5, 5.41) is 2.52. The van der Waals surface area contributed by atoms with Crippen molar-refractivity contribution in [1.82, 2.24) is 5.32 Å². The largest absolute Gasteiger partial charge is 0.573 e. The molecule has 0 radical (unpaired) electrons. The Bertz CT molecular complexity index is 481. The maximum absolute atomic E-state index is 12.3. The Hall–Kier alpha value is -1.98. The fraction of sp³-hybridized carbons (Fsp3) is 0.308. The van der Waals surface area contributed by atoms with Gasteiger partial charge >= 0.3 is 6.36 Å². The van der Waals surface area contributed by atoms with Crippen molar-refractivity contribution >= 4 is 12.0 Å². The SMILES string of the molecule is C=Cc1ccc(OC(F)(F)F)c(C(=O)NC(C)C)c1. The van der Waals surface area contributed by atoms with E-state index in [2.05, 4.69) is 16.6 Å². The Morgan fingerprint density at radius 3 is 2.53 bits per heavy atom. The van der Waals surface area contributed by atoms with Crippen LogP contribution in [0.1, 0.15) is 29.8 Å². The molecule has 104 valence electrons. The van der Waals surface area contributed by atoms with Crippen LogP contribution >= 0.6 is 0 Å². The van der Waals surface area contributed by atoms with Crippen molar-refractivity contribution in [2.75, 3.05) is 0 Å². The second kappa shape index (κ2) is 5.77. The number of carbonyl (C=O) groups excluding carboxylic acids is 1. The molecule has 1 aromatic rings. The number of carbonyl (C=O) groups is 1. The first-order valence-corrected chi connectivity index (χ1v) is 5.56. The van der Waals surface area contributed by atoms with Crippen molar-refractivity contribution in [2.45, 2.75) is 26.3 Å². The first-order chi connectivity index (χ1) is 8.73. The number of halogens is 3. The molecule has 1 rings (SSSR count). The zero-order chi connectivity index (χ0) is 14.6. The van der Waals surface area contributed by atoms with E-state index in [4.69, 9.17) is 0 Å². The highest BCUT2D eigenvalue weighted by atomic mass is 19.4. The Kier molecular flexibility index (Phi) is 4.58. The smallest absolute Gasteiger partial charge is 0.405 e. The summed E-state index contributed by atoms with van der Waals surface area (Å²) in [6, 6.07) is 3.59. The minimum atomic E-state index is -4.84. The van der Waals surface area contributed by atoms with E-state index in [1.165, 1.54) is 18.2 Å². The van der Waals surface area contributed by atoms with Crippen molar-refractivity contribution in [2.24, 2.45) is 0 Å². The van der Waals surface area contributed by atoms with Gasteiger partial charge in [-0.25, -0.2) is 0 Å². The number of nitrogens with one attached hydrogen (secondary N) is 1. The van der Waals surface area contributed by atoms with Crippen LogP contribution in [0.5, 0.6) is 5.75 Å². The quantitative estimate of drug-likeness (QED) is 0.913. The van der Waals surface area contributed by atoms with Gasteiger partial charge in [-0.3, -0.25) is 4.79 Å². The lowest BCUT2D eigenvalue weighted by atomic mass is 10.1. The Balaban J connectivity index is 3.16. The van der Waals surface area contributed by atoms with E-state index >= 15 is 0 Å². The van der Waals surface area contributed by atoms with Gasteiger partial charge in [-0.2, -0.15) is 0 Å². The van der Waals surface area contributed by atoms with Gasteiger partial charge in [0, 0.05) is 6.04 Å². The third-order valence-electron chi connectivity index (χ3n) is 2.13. The number of amides is 1. The van der Waals surface area contributed by atoms with Gasteiger partial charge in [-0.1, -0.05) is 18.7 Å². The summed E-state index contributed by atoms with van der Waals surface area (Å²) < 4.78 is 40.6. The molecule has 0 aliphatic heterocycles. The van der Waals surface area contributed by atoms with E-state index in [0.717, 1.165) is 6.07 Å². The summed E-state index contributed by atoms with van der Waals surface area (Å²) in [5.41, 5.74) is 0.354. The molecule has 0 unspecified atom stereocenters. The highest BCUT2D eigenvalue weighted by molar-refractivity contribution is 5.97. The summed E-state index contributed by atoms with van der Waals surface area (Å²) in [6.07, 6.45) is -3.41. The average molecular weight is 273 g/mol.